The van der Waals surface area contributed by atoms with Gasteiger partial charge in [-0.05, 0) is 71.1 Å². The highest BCUT2D eigenvalue weighted by Crippen LogP contribution is 2.60. The Hall–Kier alpha value is -5.75. The predicted octanol–water partition coefficient (Wildman–Crippen LogP) is 6.85. The monoisotopic (exact) mass is 807 g/mol. The van der Waals surface area contributed by atoms with Crippen LogP contribution in [0, 0.1) is 5.92 Å². The third-order valence-electron chi connectivity index (χ3n) is 13.2. The molecular weight excluding hydrogens is 759 g/mol. The number of rotatable bonds is 9. The summed E-state index contributed by atoms with van der Waals surface area (Å²) in [6.45, 7) is 7.28. The first kappa shape index (κ1) is 38.7. The minimum absolute atomic E-state index is 0.0438. The number of methoxy groups -OCH3 is 1. The number of benzene rings is 5. The van der Waals surface area contributed by atoms with Crippen molar-refractivity contribution in [1.29, 1.82) is 0 Å². The van der Waals surface area contributed by atoms with Crippen LogP contribution in [-0.2, 0) is 44.2 Å². The van der Waals surface area contributed by atoms with Crippen molar-refractivity contribution in [3.05, 3.63) is 144 Å². The third-order valence-corrected chi connectivity index (χ3v) is 17.6. The normalized spacial score (nSPS) is 23.5. The number of aliphatic hydroxyl groups is 1. The number of nitrogens with zero attached hydrogens (tertiary/aromatic N) is 3. The van der Waals surface area contributed by atoms with Gasteiger partial charge >= 0.3 is 0 Å². The second-order valence-corrected chi connectivity index (χ2v) is 21.4. The Morgan fingerprint density at radius 1 is 0.864 bits per heavy atom. The maximum absolute atomic E-state index is 15.4. The molecule has 59 heavy (non-hydrogen) atoms. The van der Waals surface area contributed by atoms with Crippen LogP contribution in [-0.4, -0.2) is 68.3 Å². The quantitative estimate of drug-likeness (QED) is 0.162. The van der Waals surface area contributed by atoms with Crippen molar-refractivity contribution in [2.24, 2.45) is 5.92 Å². The van der Waals surface area contributed by atoms with Crippen molar-refractivity contribution in [3.63, 3.8) is 0 Å². The van der Waals surface area contributed by atoms with Crippen molar-refractivity contribution in [2.45, 2.75) is 69.2 Å². The van der Waals surface area contributed by atoms with Crippen molar-refractivity contribution in [2.75, 3.05) is 30.1 Å². The molecule has 0 radical (unpaired) electrons. The highest BCUT2D eigenvalue weighted by molar-refractivity contribution is 6.91. The molecule has 4 heterocycles. The molecule has 0 unspecified atom stereocenters. The van der Waals surface area contributed by atoms with Gasteiger partial charge in [-0.3, -0.25) is 19.3 Å². The summed E-state index contributed by atoms with van der Waals surface area (Å²) in [5.74, 6) is 0.741. The van der Waals surface area contributed by atoms with Gasteiger partial charge in [0.2, 0.25) is 5.91 Å². The summed E-state index contributed by atoms with van der Waals surface area (Å²) in [4.78, 5) is 48.3. The molecule has 1 fully saturated rings. The van der Waals surface area contributed by atoms with Gasteiger partial charge < -0.3 is 29.1 Å². The van der Waals surface area contributed by atoms with Crippen LogP contribution in [0.3, 0.4) is 0 Å². The van der Waals surface area contributed by atoms with E-state index < -0.39 is 19.8 Å². The Kier molecular flexibility index (Phi) is 9.93. The van der Waals surface area contributed by atoms with Crippen LogP contribution < -0.4 is 24.5 Å². The lowest BCUT2D eigenvalue weighted by molar-refractivity contribution is -0.151. The Bertz CT molecular complexity index is 2420. The molecule has 0 saturated carbocycles. The van der Waals surface area contributed by atoms with Gasteiger partial charge in [-0.15, -0.1) is 0 Å². The Balaban J connectivity index is 1.05. The number of fused-ring (bicyclic) bond motifs is 4. The van der Waals surface area contributed by atoms with Gasteiger partial charge in [0.05, 0.1) is 58.3 Å². The lowest BCUT2D eigenvalue weighted by Gasteiger charge is -2.39. The first-order chi connectivity index (χ1) is 28.5. The summed E-state index contributed by atoms with van der Waals surface area (Å²) in [5, 5.41) is 11.7. The Morgan fingerprint density at radius 2 is 1.54 bits per heavy atom. The number of ether oxygens (including phenoxy) is 3. The largest absolute Gasteiger partial charge is 0.497 e. The summed E-state index contributed by atoms with van der Waals surface area (Å²) < 4.78 is 18.5. The van der Waals surface area contributed by atoms with Crippen molar-refractivity contribution < 1.29 is 33.7 Å². The third kappa shape index (κ3) is 6.43. The van der Waals surface area contributed by atoms with Crippen LogP contribution in [0.1, 0.15) is 35.6 Å². The topological polar surface area (TPSA) is 109 Å². The molecule has 1 saturated heterocycles. The van der Waals surface area contributed by atoms with Gasteiger partial charge in [0.15, 0.2) is 12.2 Å². The molecule has 10 nitrogen and oxygen atoms in total. The zero-order valence-corrected chi connectivity index (χ0v) is 34.8. The number of carbonyl (C=O) groups excluding carboxylic acids is 3. The minimum atomic E-state index is -2.51. The van der Waals surface area contributed by atoms with E-state index in [0.29, 0.717) is 36.6 Å². The highest BCUT2D eigenvalue weighted by Gasteiger charge is 2.66. The van der Waals surface area contributed by atoms with E-state index in [4.69, 9.17) is 14.2 Å². The van der Waals surface area contributed by atoms with Gasteiger partial charge in [0.1, 0.15) is 11.5 Å². The first-order valence-electron chi connectivity index (χ1n) is 20.4. The van der Waals surface area contributed by atoms with E-state index in [0.717, 1.165) is 33.7 Å². The van der Waals surface area contributed by atoms with Crippen molar-refractivity contribution in [1.82, 2.24) is 4.90 Å². The average molecular weight is 808 g/mol. The first-order valence-corrected chi connectivity index (χ1v) is 23.5. The fourth-order valence-electron chi connectivity index (χ4n) is 10.3. The van der Waals surface area contributed by atoms with Gasteiger partial charge in [-0.2, -0.15) is 0 Å². The zero-order valence-electron chi connectivity index (χ0n) is 33.8. The van der Waals surface area contributed by atoms with E-state index in [9.17, 15) is 14.7 Å². The van der Waals surface area contributed by atoms with Gasteiger partial charge in [0, 0.05) is 23.7 Å². The molecular formula is C48H49N3O7Si. The molecule has 0 aliphatic carbocycles. The number of carbonyl (C=O) groups is 3. The van der Waals surface area contributed by atoms with E-state index in [2.05, 4.69) is 38.2 Å². The van der Waals surface area contributed by atoms with Gasteiger partial charge in [0.25, 0.3) is 11.8 Å². The Labute approximate surface area is 345 Å². The number of anilines is 3. The van der Waals surface area contributed by atoms with E-state index in [1.165, 1.54) is 5.19 Å². The highest BCUT2D eigenvalue weighted by atomic mass is 28.3. The van der Waals surface area contributed by atoms with Gasteiger partial charge in [-0.25, -0.2) is 0 Å². The summed E-state index contributed by atoms with van der Waals surface area (Å²) in [7, 11) is -0.860. The molecule has 1 spiro atoms. The van der Waals surface area contributed by atoms with Crippen LogP contribution in [0.15, 0.2) is 121 Å². The maximum Gasteiger partial charge on any atom is 0.269 e. The van der Waals surface area contributed by atoms with Crippen LogP contribution in [0.4, 0.5) is 17.1 Å². The molecule has 4 aliphatic rings. The fraction of sp³-hybridized carbons (Fsp3) is 0.312. The van der Waals surface area contributed by atoms with Crippen molar-refractivity contribution in [3.8, 4) is 11.5 Å². The summed E-state index contributed by atoms with van der Waals surface area (Å²) in [5.41, 5.74) is 4.67. The average Bonchev–Trinajstić information content (AvgIpc) is 3.69. The molecule has 3 amide bonds. The number of amides is 3. The molecule has 0 bridgehead atoms. The van der Waals surface area contributed by atoms with Crippen molar-refractivity contribution >= 4 is 48.0 Å². The predicted molar refractivity (Wildman–Crippen MR) is 229 cm³/mol. The molecule has 5 aromatic carbocycles. The zero-order chi connectivity index (χ0) is 41.1. The number of aliphatic hydroxyl groups excluding tert-OH is 1. The van der Waals surface area contributed by atoms with E-state index in [1.54, 1.807) is 12.0 Å². The standard InChI is InChI=1S/C48H49N3O7Si/c1-31-46(59(3,4)38-23-21-37(56-2)22-24-38)43(26-44(53)49-28-34-12-6-5-11-33(34)25-36(49)29-52)58-48(31)39-13-7-8-14-40(39)50(47(48)55)27-32-17-19-35(20-18-32)51-41-15-9-10-16-42(41)57-30-45(51)54/h5-24,31,36,43,46,52H,25-30H2,1-4H3/t31-,36-,43+,46-,48+/m0/s1. The van der Waals surface area contributed by atoms with Crippen LogP contribution in [0.5, 0.6) is 11.5 Å². The smallest absolute Gasteiger partial charge is 0.269 e. The molecule has 4 aliphatic heterocycles. The fourth-order valence-corrected chi connectivity index (χ4v) is 14.3. The SMILES string of the molecule is COc1ccc([Si](C)(C)[C@@H]2[C@@H](CC(=O)N3Cc4ccccc4C[C@H]3CO)O[C@]3(C(=O)N(Cc4ccc(N5C(=O)COc6ccccc65)cc4)c4ccccc43)[C@H]2C)cc1. The van der Waals surface area contributed by atoms with E-state index in [1.807, 2.05) is 113 Å². The van der Waals surface area contributed by atoms with Crippen LogP contribution in [0.25, 0.3) is 0 Å². The molecule has 5 atom stereocenters. The molecule has 0 aromatic heterocycles. The molecule has 11 heteroatoms. The summed E-state index contributed by atoms with van der Waals surface area (Å²) in [6.07, 6.45) is 0.0999. The lowest BCUT2D eigenvalue weighted by Crippen LogP contribution is -2.52. The lowest BCUT2D eigenvalue weighted by atomic mass is 9.82. The second-order valence-electron chi connectivity index (χ2n) is 16.8. The number of para-hydroxylation sites is 3. The second kappa shape index (κ2) is 15.1. The van der Waals surface area contributed by atoms with Crippen LogP contribution in [0.2, 0.25) is 18.6 Å². The molecule has 1 N–H and O–H groups in total. The maximum atomic E-state index is 15.4. The molecule has 5 aromatic rings. The summed E-state index contributed by atoms with van der Waals surface area (Å²) >= 11 is 0. The molecule has 9 rings (SSSR count). The van der Waals surface area contributed by atoms with E-state index >= 15 is 4.79 Å². The van der Waals surface area contributed by atoms with Gasteiger partial charge in [-0.1, -0.05) is 104 Å². The minimum Gasteiger partial charge on any atom is -0.497 e. The number of hydrogen-bond donors (Lipinski definition) is 1. The summed E-state index contributed by atoms with van der Waals surface area (Å²) in [6, 6.07) is 39.0. The molecule has 302 valence electrons. The van der Waals surface area contributed by atoms with E-state index in [-0.39, 0.29) is 54.9 Å². The Morgan fingerprint density at radius 3 is 2.27 bits per heavy atom. The van der Waals surface area contributed by atoms with Crippen LogP contribution >= 0.6 is 0 Å². The number of hydrogen-bond acceptors (Lipinski definition) is 7.